The second-order valence-corrected chi connectivity index (χ2v) is 6.67. The van der Waals surface area contributed by atoms with Gasteiger partial charge in [-0.15, -0.1) is 0 Å². The highest BCUT2D eigenvalue weighted by molar-refractivity contribution is 8.00. The first-order valence-corrected chi connectivity index (χ1v) is 7.36. The van der Waals surface area contributed by atoms with E-state index in [-0.39, 0.29) is 11.9 Å². The van der Waals surface area contributed by atoms with Crippen molar-refractivity contribution in [1.82, 2.24) is 5.32 Å². The van der Waals surface area contributed by atoms with Crippen LogP contribution >= 0.6 is 11.8 Å². The molecule has 1 aliphatic carbocycles. The first kappa shape index (κ1) is 13.2. The summed E-state index contributed by atoms with van der Waals surface area (Å²) in [7, 11) is 0. The van der Waals surface area contributed by atoms with Gasteiger partial charge >= 0.3 is 0 Å². The number of hydrogen-bond donors (Lipinski definition) is 2. The summed E-state index contributed by atoms with van der Waals surface area (Å²) >= 11 is 1.82. The molecule has 1 aliphatic heterocycles. The van der Waals surface area contributed by atoms with Gasteiger partial charge in [-0.25, -0.2) is 0 Å². The number of ether oxygens (including phenoxy) is 1. The third kappa shape index (κ3) is 2.95. The van der Waals surface area contributed by atoms with E-state index < -0.39 is 5.54 Å². The van der Waals surface area contributed by atoms with Crippen LogP contribution in [-0.2, 0) is 9.53 Å². The van der Waals surface area contributed by atoms with E-state index in [1.54, 1.807) is 0 Å². The summed E-state index contributed by atoms with van der Waals surface area (Å²) in [4.78, 5) is 11.9. The van der Waals surface area contributed by atoms with Crippen LogP contribution in [0.2, 0.25) is 0 Å². The molecule has 1 unspecified atom stereocenters. The summed E-state index contributed by atoms with van der Waals surface area (Å²) in [5.41, 5.74) is 5.16. The van der Waals surface area contributed by atoms with Gasteiger partial charge < -0.3 is 15.8 Å². The van der Waals surface area contributed by atoms with Gasteiger partial charge in [-0.1, -0.05) is 0 Å². The number of nitrogens with one attached hydrogen (secondary N) is 1. The van der Waals surface area contributed by atoms with Crippen molar-refractivity contribution in [3.05, 3.63) is 0 Å². The topological polar surface area (TPSA) is 64.3 Å². The number of primary amides is 1. The summed E-state index contributed by atoms with van der Waals surface area (Å²) in [6.45, 7) is 5.76. The fourth-order valence-electron chi connectivity index (χ4n) is 2.27. The Labute approximate surface area is 107 Å². The van der Waals surface area contributed by atoms with Gasteiger partial charge in [-0.3, -0.25) is 4.79 Å². The average molecular weight is 258 g/mol. The molecule has 5 heteroatoms. The van der Waals surface area contributed by atoms with Crippen molar-refractivity contribution in [1.29, 1.82) is 0 Å². The standard InChI is InChI=1S/C12H22N2O2S/c1-8(2)14-12(11(13)15,9-3-4-9)7-17-10-5-16-6-10/h8-10,14H,3-7H2,1-2H3,(H2,13,15). The van der Waals surface area contributed by atoms with E-state index in [2.05, 4.69) is 19.2 Å². The Hall–Kier alpha value is -0.260. The average Bonchev–Trinajstić information content (AvgIpc) is 2.95. The molecule has 1 amide bonds. The van der Waals surface area contributed by atoms with Gasteiger partial charge in [-0.05, 0) is 32.6 Å². The van der Waals surface area contributed by atoms with Crippen molar-refractivity contribution >= 4 is 17.7 Å². The summed E-state index contributed by atoms with van der Waals surface area (Å²) in [5.74, 6) is 1.01. The maximum Gasteiger partial charge on any atom is 0.238 e. The molecule has 0 aromatic heterocycles. The lowest BCUT2D eigenvalue weighted by molar-refractivity contribution is -0.124. The van der Waals surface area contributed by atoms with Crippen LogP contribution in [0, 0.1) is 5.92 Å². The molecule has 0 radical (unpaired) electrons. The second-order valence-electron chi connectivity index (χ2n) is 5.38. The number of amides is 1. The number of thioether (sulfide) groups is 1. The van der Waals surface area contributed by atoms with Gasteiger partial charge in [-0.2, -0.15) is 11.8 Å². The largest absolute Gasteiger partial charge is 0.379 e. The number of carbonyl (C=O) groups excluding carboxylic acids is 1. The predicted octanol–water partition coefficient (Wildman–Crippen LogP) is 0.750. The molecule has 98 valence electrons. The van der Waals surface area contributed by atoms with Crippen LogP contribution in [0.4, 0.5) is 0 Å². The maximum atomic E-state index is 11.9. The minimum atomic E-state index is -0.506. The van der Waals surface area contributed by atoms with E-state index in [1.807, 2.05) is 11.8 Å². The molecule has 2 fully saturated rings. The molecule has 2 rings (SSSR count). The van der Waals surface area contributed by atoms with Crippen LogP contribution in [0.15, 0.2) is 0 Å². The maximum absolute atomic E-state index is 11.9. The Morgan fingerprint density at radius 1 is 1.53 bits per heavy atom. The van der Waals surface area contributed by atoms with Gasteiger partial charge in [0.05, 0.1) is 18.5 Å². The van der Waals surface area contributed by atoms with Crippen LogP contribution in [0.3, 0.4) is 0 Å². The third-order valence-electron chi connectivity index (χ3n) is 3.41. The SMILES string of the molecule is CC(C)NC(CSC1COC1)(C(N)=O)C1CC1. The normalized spacial score (nSPS) is 24.4. The zero-order valence-electron chi connectivity index (χ0n) is 10.6. The van der Waals surface area contributed by atoms with E-state index in [1.165, 1.54) is 0 Å². The molecule has 3 N–H and O–H groups in total. The zero-order valence-corrected chi connectivity index (χ0v) is 11.4. The second kappa shape index (κ2) is 5.16. The lowest BCUT2D eigenvalue weighted by Crippen LogP contribution is -2.61. The Morgan fingerprint density at radius 2 is 2.18 bits per heavy atom. The minimum Gasteiger partial charge on any atom is -0.379 e. The summed E-state index contributed by atoms with van der Waals surface area (Å²) in [6, 6.07) is 0.279. The Kier molecular flexibility index (Phi) is 4.00. The first-order valence-electron chi connectivity index (χ1n) is 6.31. The number of nitrogens with two attached hydrogens (primary N) is 1. The molecule has 0 spiro atoms. The minimum absolute atomic E-state index is 0.193. The van der Waals surface area contributed by atoms with E-state index in [0.717, 1.165) is 31.8 Å². The fraction of sp³-hybridized carbons (Fsp3) is 0.917. The molecule has 1 atom stereocenters. The zero-order chi connectivity index (χ0) is 12.5. The number of carbonyl (C=O) groups is 1. The van der Waals surface area contributed by atoms with E-state index in [9.17, 15) is 4.79 Å². The highest BCUT2D eigenvalue weighted by Gasteiger charge is 2.50. The Bertz CT molecular complexity index is 290. The quantitative estimate of drug-likeness (QED) is 0.707. The molecule has 1 saturated heterocycles. The van der Waals surface area contributed by atoms with Crippen LogP contribution in [-0.4, -0.2) is 41.7 Å². The van der Waals surface area contributed by atoms with Gasteiger partial charge in [0.15, 0.2) is 0 Å². The molecular formula is C12H22N2O2S. The van der Waals surface area contributed by atoms with Crippen molar-refractivity contribution in [2.24, 2.45) is 11.7 Å². The van der Waals surface area contributed by atoms with E-state index in [0.29, 0.717) is 11.2 Å². The smallest absolute Gasteiger partial charge is 0.238 e. The third-order valence-corrected chi connectivity index (χ3v) is 4.78. The van der Waals surface area contributed by atoms with E-state index in [4.69, 9.17) is 10.5 Å². The van der Waals surface area contributed by atoms with Gasteiger partial charge in [0.25, 0.3) is 0 Å². The first-order chi connectivity index (χ1) is 8.04. The van der Waals surface area contributed by atoms with Crippen LogP contribution in [0.5, 0.6) is 0 Å². The molecule has 2 aliphatic rings. The van der Waals surface area contributed by atoms with Crippen LogP contribution in [0.1, 0.15) is 26.7 Å². The van der Waals surface area contributed by atoms with Gasteiger partial charge in [0.1, 0.15) is 5.54 Å². The lowest BCUT2D eigenvalue weighted by atomic mass is 9.93. The number of hydrogen-bond acceptors (Lipinski definition) is 4. The van der Waals surface area contributed by atoms with Crippen LogP contribution < -0.4 is 11.1 Å². The Balaban J connectivity index is 2.00. The predicted molar refractivity (Wildman–Crippen MR) is 70.0 cm³/mol. The fourth-order valence-corrected chi connectivity index (χ4v) is 3.62. The molecule has 4 nitrogen and oxygen atoms in total. The lowest BCUT2D eigenvalue weighted by Gasteiger charge is -2.36. The summed E-state index contributed by atoms with van der Waals surface area (Å²) < 4.78 is 5.16. The molecule has 0 aromatic carbocycles. The molecule has 0 bridgehead atoms. The summed E-state index contributed by atoms with van der Waals surface area (Å²) in [5, 5.41) is 3.97. The van der Waals surface area contributed by atoms with Gasteiger partial charge in [0.2, 0.25) is 5.91 Å². The van der Waals surface area contributed by atoms with Crippen molar-refractivity contribution in [3.8, 4) is 0 Å². The highest BCUT2D eigenvalue weighted by atomic mass is 32.2. The molecule has 1 saturated carbocycles. The van der Waals surface area contributed by atoms with Crippen molar-refractivity contribution in [2.75, 3.05) is 19.0 Å². The molecule has 17 heavy (non-hydrogen) atoms. The summed E-state index contributed by atoms with van der Waals surface area (Å²) in [6.07, 6.45) is 2.23. The van der Waals surface area contributed by atoms with Gasteiger partial charge in [0, 0.05) is 11.8 Å². The van der Waals surface area contributed by atoms with E-state index >= 15 is 0 Å². The molecule has 1 heterocycles. The number of rotatable bonds is 7. The molecular weight excluding hydrogens is 236 g/mol. The Morgan fingerprint density at radius 3 is 2.53 bits per heavy atom. The van der Waals surface area contributed by atoms with Crippen molar-refractivity contribution in [3.63, 3.8) is 0 Å². The van der Waals surface area contributed by atoms with Crippen molar-refractivity contribution < 1.29 is 9.53 Å². The highest BCUT2D eigenvalue weighted by Crippen LogP contribution is 2.42. The monoisotopic (exact) mass is 258 g/mol. The molecule has 0 aromatic rings. The van der Waals surface area contributed by atoms with Crippen LogP contribution in [0.25, 0.3) is 0 Å². The van der Waals surface area contributed by atoms with Crippen molar-refractivity contribution in [2.45, 2.75) is 43.5 Å².